The van der Waals surface area contributed by atoms with Crippen LogP contribution in [0.4, 0.5) is 21.9 Å². The zero-order valence-corrected chi connectivity index (χ0v) is 17.8. The van der Waals surface area contributed by atoms with E-state index in [1.54, 1.807) is 16.7 Å². The maximum atomic E-state index is 13.1. The lowest BCUT2D eigenvalue weighted by Crippen LogP contribution is -2.30. The highest BCUT2D eigenvalue weighted by atomic mass is 32.2. The number of amides is 3. The summed E-state index contributed by atoms with van der Waals surface area (Å²) < 4.78 is 0. The van der Waals surface area contributed by atoms with Gasteiger partial charge in [-0.25, -0.2) is 4.79 Å². The molecule has 1 aliphatic rings. The summed E-state index contributed by atoms with van der Waals surface area (Å²) in [5.74, 6) is -0.0306. The lowest BCUT2D eigenvalue weighted by molar-refractivity contribution is 0.0985. The second-order valence-electron chi connectivity index (χ2n) is 6.96. The highest BCUT2D eigenvalue weighted by Gasteiger charge is 2.26. The van der Waals surface area contributed by atoms with Gasteiger partial charge in [0.1, 0.15) is 0 Å². The van der Waals surface area contributed by atoms with Gasteiger partial charge in [0, 0.05) is 27.7 Å². The molecule has 0 aromatic heterocycles. The van der Waals surface area contributed by atoms with Crippen molar-refractivity contribution in [2.75, 3.05) is 22.1 Å². The first-order valence-electron chi connectivity index (χ1n) is 9.98. The van der Waals surface area contributed by atoms with Gasteiger partial charge in [-0.3, -0.25) is 4.79 Å². The number of anilines is 3. The van der Waals surface area contributed by atoms with Crippen LogP contribution in [0.25, 0.3) is 0 Å². The predicted octanol–water partition coefficient (Wildman–Crippen LogP) is 6.02. The second kappa shape index (κ2) is 8.63. The minimum absolute atomic E-state index is 0.0306. The Kier molecular flexibility index (Phi) is 5.77. The van der Waals surface area contributed by atoms with Gasteiger partial charge in [-0.2, -0.15) is 0 Å². The Bertz CT molecular complexity index is 1100. The molecule has 0 saturated heterocycles. The van der Waals surface area contributed by atoms with Gasteiger partial charge in [0.15, 0.2) is 0 Å². The SMILES string of the molecule is CCc1ccc(NC(=O)Nc2ccc3c(c2)N(CC)C(=O)c2ccccc2S3)cc1. The van der Waals surface area contributed by atoms with Crippen molar-refractivity contribution in [2.45, 2.75) is 30.1 Å². The first-order valence-corrected chi connectivity index (χ1v) is 10.8. The van der Waals surface area contributed by atoms with Crippen LogP contribution in [-0.2, 0) is 6.42 Å². The van der Waals surface area contributed by atoms with Crippen LogP contribution < -0.4 is 15.5 Å². The van der Waals surface area contributed by atoms with Crippen molar-refractivity contribution in [1.29, 1.82) is 0 Å². The molecule has 6 heteroatoms. The van der Waals surface area contributed by atoms with Gasteiger partial charge >= 0.3 is 6.03 Å². The molecule has 2 N–H and O–H groups in total. The van der Waals surface area contributed by atoms with E-state index in [2.05, 4.69) is 17.6 Å². The maximum Gasteiger partial charge on any atom is 0.323 e. The van der Waals surface area contributed by atoms with Crippen molar-refractivity contribution >= 4 is 40.8 Å². The molecule has 3 amide bonds. The molecule has 152 valence electrons. The van der Waals surface area contributed by atoms with E-state index in [0.29, 0.717) is 17.8 Å². The van der Waals surface area contributed by atoms with Gasteiger partial charge in [-0.1, -0.05) is 43.0 Å². The summed E-state index contributed by atoms with van der Waals surface area (Å²) in [6.07, 6.45) is 0.954. The number of hydrogen-bond donors (Lipinski definition) is 2. The normalized spacial score (nSPS) is 12.6. The standard InChI is InChI=1S/C24H23N3O2S/c1-3-16-9-11-17(12-10-16)25-24(29)26-18-13-14-22-20(15-18)27(4-2)23(28)19-7-5-6-8-21(19)30-22/h5-15H,3-4H2,1-2H3,(H2,25,26,29). The lowest BCUT2D eigenvalue weighted by Gasteiger charge is -2.22. The Morgan fingerprint density at radius 1 is 0.900 bits per heavy atom. The average molecular weight is 418 g/mol. The van der Waals surface area contributed by atoms with E-state index < -0.39 is 0 Å². The Hall–Kier alpha value is -3.25. The molecule has 0 saturated carbocycles. The molecule has 1 heterocycles. The van der Waals surface area contributed by atoms with Crippen LogP contribution in [0.1, 0.15) is 29.8 Å². The average Bonchev–Trinajstić information content (AvgIpc) is 2.88. The van der Waals surface area contributed by atoms with Crippen molar-refractivity contribution < 1.29 is 9.59 Å². The summed E-state index contributed by atoms with van der Waals surface area (Å²) in [5, 5.41) is 5.72. The quantitative estimate of drug-likeness (QED) is 0.545. The summed E-state index contributed by atoms with van der Waals surface area (Å²) in [5.41, 5.74) is 4.08. The molecule has 0 fully saturated rings. The van der Waals surface area contributed by atoms with Crippen LogP contribution in [-0.4, -0.2) is 18.5 Å². The van der Waals surface area contributed by atoms with E-state index in [1.807, 2.05) is 73.7 Å². The second-order valence-corrected chi connectivity index (χ2v) is 8.04. The maximum absolute atomic E-state index is 13.1. The number of benzene rings is 3. The van der Waals surface area contributed by atoms with Crippen LogP contribution in [0.15, 0.2) is 76.5 Å². The highest BCUT2D eigenvalue weighted by Crippen LogP contribution is 2.42. The van der Waals surface area contributed by atoms with Gasteiger partial charge in [0.25, 0.3) is 5.91 Å². The molecule has 1 aliphatic heterocycles. The number of hydrogen-bond acceptors (Lipinski definition) is 3. The van der Waals surface area contributed by atoms with E-state index in [1.165, 1.54) is 5.56 Å². The molecule has 0 aliphatic carbocycles. The third-order valence-electron chi connectivity index (χ3n) is 5.03. The van der Waals surface area contributed by atoms with Gasteiger partial charge in [0.2, 0.25) is 0 Å². The number of aryl methyl sites for hydroxylation is 1. The van der Waals surface area contributed by atoms with E-state index >= 15 is 0 Å². The molecule has 30 heavy (non-hydrogen) atoms. The Labute approximate surface area is 180 Å². The molecule has 5 nitrogen and oxygen atoms in total. The van der Waals surface area contributed by atoms with E-state index in [-0.39, 0.29) is 11.9 Å². The van der Waals surface area contributed by atoms with Gasteiger partial charge in [-0.15, -0.1) is 0 Å². The molecule has 0 bridgehead atoms. The number of fused-ring (bicyclic) bond motifs is 2. The van der Waals surface area contributed by atoms with Crippen molar-refractivity contribution in [2.24, 2.45) is 0 Å². The largest absolute Gasteiger partial charge is 0.323 e. The number of urea groups is 1. The van der Waals surface area contributed by atoms with Crippen LogP contribution in [0.5, 0.6) is 0 Å². The lowest BCUT2D eigenvalue weighted by atomic mass is 10.1. The molecule has 3 aromatic rings. The molecule has 0 radical (unpaired) electrons. The summed E-state index contributed by atoms with van der Waals surface area (Å²) >= 11 is 1.57. The molecule has 4 rings (SSSR count). The van der Waals surface area contributed by atoms with Crippen molar-refractivity contribution in [3.05, 3.63) is 77.9 Å². The number of nitrogens with one attached hydrogen (secondary N) is 2. The molecular weight excluding hydrogens is 394 g/mol. The number of carbonyl (C=O) groups excluding carboxylic acids is 2. The van der Waals surface area contributed by atoms with E-state index in [0.717, 1.165) is 27.6 Å². The van der Waals surface area contributed by atoms with E-state index in [9.17, 15) is 9.59 Å². The zero-order valence-electron chi connectivity index (χ0n) is 16.9. The third kappa shape index (κ3) is 4.04. The zero-order chi connectivity index (χ0) is 21.1. The minimum atomic E-state index is -0.321. The van der Waals surface area contributed by atoms with Crippen molar-refractivity contribution in [3.8, 4) is 0 Å². The first kappa shape index (κ1) is 20.0. The molecular formula is C24H23N3O2S. The van der Waals surface area contributed by atoms with Crippen molar-refractivity contribution in [3.63, 3.8) is 0 Å². The van der Waals surface area contributed by atoms with Crippen LogP contribution >= 0.6 is 11.8 Å². The van der Waals surface area contributed by atoms with Crippen LogP contribution in [0.3, 0.4) is 0 Å². The number of nitrogens with zero attached hydrogens (tertiary/aromatic N) is 1. The number of rotatable bonds is 4. The fraction of sp³-hybridized carbons (Fsp3) is 0.167. The summed E-state index contributed by atoms with van der Waals surface area (Å²) in [6, 6.07) is 20.8. The van der Waals surface area contributed by atoms with Gasteiger partial charge in [-0.05, 0) is 61.4 Å². The topological polar surface area (TPSA) is 61.4 Å². The van der Waals surface area contributed by atoms with Crippen LogP contribution in [0, 0.1) is 0 Å². The van der Waals surface area contributed by atoms with Gasteiger partial charge < -0.3 is 15.5 Å². The summed E-state index contributed by atoms with van der Waals surface area (Å²) in [6.45, 7) is 4.59. The Morgan fingerprint density at radius 2 is 1.60 bits per heavy atom. The monoisotopic (exact) mass is 417 g/mol. The molecule has 0 atom stereocenters. The molecule has 0 spiro atoms. The van der Waals surface area contributed by atoms with E-state index in [4.69, 9.17) is 0 Å². The highest BCUT2D eigenvalue weighted by molar-refractivity contribution is 7.99. The summed E-state index contributed by atoms with van der Waals surface area (Å²) in [4.78, 5) is 29.2. The van der Waals surface area contributed by atoms with Crippen molar-refractivity contribution in [1.82, 2.24) is 0 Å². The fourth-order valence-electron chi connectivity index (χ4n) is 3.43. The summed E-state index contributed by atoms with van der Waals surface area (Å²) in [7, 11) is 0. The first-order chi connectivity index (χ1) is 14.6. The smallest absolute Gasteiger partial charge is 0.308 e. The van der Waals surface area contributed by atoms with Crippen LogP contribution in [0.2, 0.25) is 0 Å². The number of carbonyl (C=O) groups is 2. The fourth-order valence-corrected chi connectivity index (χ4v) is 4.49. The Balaban J connectivity index is 1.56. The predicted molar refractivity (Wildman–Crippen MR) is 123 cm³/mol. The Morgan fingerprint density at radius 3 is 2.33 bits per heavy atom. The molecule has 0 unspecified atom stereocenters. The third-order valence-corrected chi connectivity index (χ3v) is 6.17. The van der Waals surface area contributed by atoms with Gasteiger partial charge in [0.05, 0.1) is 11.3 Å². The minimum Gasteiger partial charge on any atom is -0.308 e. The molecule has 3 aromatic carbocycles.